The Labute approximate surface area is 148 Å². The van der Waals surface area contributed by atoms with E-state index in [2.05, 4.69) is 21.4 Å². The molecule has 1 aliphatic heterocycles. The van der Waals surface area contributed by atoms with Crippen molar-refractivity contribution in [2.24, 2.45) is 0 Å². The lowest BCUT2D eigenvalue weighted by Gasteiger charge is -2.23. The lowest BCUT2D eigenvalue weighted by molar-refractivity contribution is 0.256. The Morgan fingerprint density at radius 2 is 1.76 bits per heavy atom. The van der Waals surface area contributed by atoms with Crippen LogP contribution >= 0.6 is 0 Å². The number of amides is 2. The van der Waals surface area contributed by atoms with E-state index >= 15 is 0 Å². The fourth-order valence-corrected chi connectivity index (χ4v) is 4.72. The van der Waals surface area contributed by atoms with Gasteiger partial charge in [0.15, 0.2) is 0 Å². The second-order valence-electron chi connectivity index (χ2n) is 7.01. The number of aryl methyl sites for hydroxylation is 2. The van der Waals surface area contributed by atoms with E-state index in [-0.39, 0.29) is 6.04 Å². The molecule has 0 aromatic heterocycles. The first-order valence-electron chi connectivity index (χ1n) is 8.94. The molecule has 25 heavy (non-hydrogen) atoms. The van der Waals surface area contributed by atoms with Crippen LogP contribution in [0.15, 0.2) is 17.6 Å². The van der Waals surface area contributed by atoms with Crippen LogP contribution in [-0.2, 0) is 35.7 Å². The average Bonchev–Trinajstić information content (AvgIpc) is 3.12. The molecule has 6 nitrogen and oxygen atoms in total. The minimum absolute atomic E-state index is 0.0836. The summed E-state index contributed by atoms with van der Waals surface area (Å²) in [5.41, 5.74) is 5.81. The predicted molar refractivity (Wildman–Crippen MR) is 97.1 cm³/mol. The van der Waals surface area contributed by atoms with Crippen LogP contribution in [0.25, 0.3) is 0 Å². The molecular weight excluding hydrogens is 338 g/mol. The molecule has 0 saturated carbocycles. The van der Waals surface area contributed by atoms with Gasteiger partial charge in [0, 0.05) is 17.1 Å². The number of urea groups is 1. The molecule has 0 spiro atoms. The number of nitrogens with one attached hydrogen (secondary N) is 3. The molecule has 7 heteroatoms. The molecule has 0 bridgehead atoms. The molecule has 1 aromatic rings. The van der Waals surface area contributed by atoms with Crippen molar-refractivity contribution in [1.29, 1.82) is 0 Å². The van der Waals surface area contributed by atoms with Gasteiger partial charge >= 0.3 is 6.03 Å². The Morgan fingerprint density at radius 3 is 2.32 bits per heavy atom. The van der Waals surface area contributed by atoms with E-state index in [4.69, 9.17) is 0 Å². The molecule has 2 aliphatic carbocycles. The van der Waals surface area contributed by atoms with E-state index < -0.39 is 16.1 Å². The Balaban J connectivity index is 1.51. The van der Waals surface area contributed by atoms with E-state index in [0.29, 0.717) is 0 Å². The highest BCUT2D eigenvalue weighted by molar-refractivity contribution is 7.92. The number of hydrogen-bond acceptors (Lipinski definition) is 4. The second kappa shape index (κ2) is 6.46. The third kappa shape index (κ3) is 3.43. The molecule has 1 unspecified atom stereocenters. The summed E-state index contributed by atoms with van der Waals surface area (Å²) < 4.78 is 26.2. The topological polar surface area (TPSA) is 87.3 Å². The van der Waals surface area contributed by atoms with Crippen LogP contribution in [0, 0.1) is 0 Å². The summed E-state index contributed by atoms with van der Waals surface area (Å²) in [5.74, 6) is 0. The standard InChI is InChI=1S/C18H23N3O3S/c22-18(21-25(23,24)10-8-14-7-9-19-14)20-17-15-5-1-3-12(15)11-13-4-2-6-16(13)17/h8,10-11,14,19H,1-7,9H2,(H2,20,21,22)/b10-8+. The van der Waals surface area contributed by atoms with Gasteiger partial charge in [-0.1, -0.05) is 12.1 Å². The van der Waals surface area contributed by atoms with Crippen molar-refractivity contribution in [1.82, 2.24) is 10.0 Å². The molecule has 1 heterocycles. The summed E-state index contributed by atoms with van der Waals surface area (Å²) in [6.45, 7) is 0.896. The van der Waals surface area contributed by atoms with Gasteiger partial charge in [0.2, 0.25) is 0 Å². The molecule has 4 rings (SSSR count). The Kier molecular flexibility index (Phi) is 4.29. The van der Waals surface area contributed by atoms with E-state index in [9.17, 15) is 13.2 Å². The SMILES string of the molecule is O=C(Nc1c2c(cc3c1CCC3)CCC2)NS(=O)(=O)/C=C/C1CCN1. The van der Waals surface area contributed by atoms with Gasteiger partial charge in [0.1, 0.15) is 0 Å². The minimum atomic E-state index is -3.78. The Morgan fingerprint density at radius 1 is 1.12 bits per heavy atom. The second-order valence-corrected chi connectivity index (χ2v) is 8.58. The fraction of sp³-hybridized carbons (Fsp3) is 0.500. The van der Waals surface area contributed by atoms with Gasteiger partial charge in [-0.05, 0) is 73.7 Å². The summed E-state index contributed by atoms with van der Waals surface area (Å²) in [7, 11) is -3.78. The first-order chi connectivity index (χ1) is 12.0. The number of sulfonamides is 1. The van der Waals surface area contributed by atoms with E-state index in [1.165, 1.54) is 22.3 Å². The van der Waals surface area contributed by atoms with E-state index in [1.807, 2.05) is 0 Å². The van der Waals surface area contributed by atoms with Crippen LogP contribution in [0.2, 0.25) is 0 Å². The summed E-state index contributed by atoms with van der Waals surface area (Å²) in [6.07, 6.45) is 8.63. The van der Waals surface area contributed by atoms with Crippen LogP contribution in [0.4, 0.5) is 10.5 Å². The summed E-state index contributed by atoms with van der Waals surface area (Å²) >= 11 is 0. The highest BCUT2D eigenvalue weighted by atomic mass is 32.2. The van der Waals surface area contributed by atoms with E-state index in [0.717, 1.165) is 62.6 Å². The highest BCUT2D eigenvalue weighted by Crippen LogP contribution is 2.38. The number of carbonyl (C=O) groups excluding carboxylic acids is 1. The quantitative estimate of drug-likeness (QED) is 0.765. The van der Waals surface area contributed by atoms with Gasteiger partial charge in [0.05, 0.1) is 0 Å². The van der Waals surface area contributed by atoms with Crippen LogP contribution < -0.4 is 15.4 Å². The maximum absolute atomic E-state index is 12.3. The lowest BCUT2D eigenvalue weighted by atomic mass is 9.99. The third-order valence-corrected chi connectivity index (χ3v) is 6.28. The molecule has 3 N–H and O–H groups in total. The maximum Gasteiger partial charge on any atom is 0.333 e. The van der Waals surface area contributed by atoms with Gasteiger partial charge in [-0.25, -0.2) is 17.9 Å². The van der Waals surface area contributed by atoms with Gasteiger partial charge < -0.3 is 10.6 Å². The molecule has 134 valence electrons. The zero-order chi connectivity index (χ0) is 17.4. The number of rotatable bonds is 4. The molecule has 2 amide bonds. The molecule has 3 aliphatic rings. The monoisotopic (exact) mass is 361 g/mol. The number of hydrogen-bond donors (Lipinski definition) is 3. The van der Waals surface area contributed by atoms with Crippen LogP contribution in [0.3, 0.4) is 0 Å². The molecule has 1 aromatic carbocycles. The minimum Gasteiger partial charge on any atom is -0.310 e. The molecule has 1 saturated heterocycles. The van der Waals surface area contributed by atoms with Crippen molar-refractivity contribution in [3.05, 3.63) is 39.8 Å². The first-order valence-corrected chi connectivity index (χ1v) is 10.5. The van der Waals surface area contributed by atoms with Crippen molar-refractivity contribution in [2.45, 2.75) is 51.0 Å². The maximum atomic E-state index is 12.3. The zero-order valence-corrected chi connectivity index (χ0v) is 14.9. The normalized spacial score (nSPS) is 21.7. The Hall–Kier alpha value is -1.86. The van der Waals surface area contributed by atoms with Crippen LogP contribution in [0.1, 0.15) is 41.5 Å². The zero-order valence-electron chi connectivity index (χ0n) is 14.1. The van der Waals surface area contributed by atoms with Crippen molar-refractivity contribution >= 4 is 21.7 Å². The van der Waals surface area contributed by atoms with E-state index in [1.54, 1.807) is 6.08 Å². The van der Waals surface area contributed by atoms with Crippen molar-refractivity contribution in [2.75, 3.05) is 11.9 Å². The van der Waals surface area contributed by atoms with Crippen LogP contribution in [-0.4, -0.2) is 27.0 Å². The van der Waals surface area contributed by atoms with Crippen molar-refractivity contribution in [3.8, 4) is 0 Å². The summed E-state index contributed by atoms with van der Waals surface area (Å²) in [5, 5.41) is 7.00. The fourth-order valence-electron chi connectivity index (χ4n) is 3.94. The highest BCUT2D eigenvalue weighted by Gasteiger charge is 2.25. The predicted octanol–water partition coefficient (Wildman–Crippen LogP) is 1.99. The van der Waals surface area contributed by atoms with Gasteiger partial charge in [-0.3, -0.25) is 0 Å². The summed E-state index contributed by atoms with van der Waals surface area (Å²) in [4.78, 5) is 12.3. The van der Waals surface area contributed by atoms with Gasteiger partial charge in [0.25, 0.3) is 10.0 Å². The Bertz CT molecular complexity index is 809. The first kappa shape index (κ1) is 16.6. The average molecular weight is 361 g/mol. The number of fused-ring (bicyclic) bond motifs is 2. The smallest absolute Gasteiger partial charge is 0.310 e. The van der Waals surface area contributed by atoms with Crippen LogP contribution in [0.5, 0.6) is 0 Å². The van der Waals surface area contributed by atoms with Crippen molar-refractivity contribution in [3.63, 3.8) is 0 Å². The number of carbonyl (C=O) groups is 1. The molecule has 1 atom stereocenters. The molecule has 0 radical (unpaired) electrons. The van der Waals surface area contributed by atoms with Gasteiger partial charge in [-0.15, -0.1) is 0 Å². The van der Waals surface area contributed by atoms with Gasteiger partial charge in [-0.2, -0.15) is 0 Å². The number of benzene rings is 1. The number of anilines is 1. The molecular formula is C18H23N3O3S. The lowest BCUT2D eigenvalue weighted by Crippen LogP contribution is -2.41. The molecule has 1 fully saturated rings. The van der Waals surface area contributed by atoms with Crippen molar-refractivity contribution < 1.29 is 13.2 Å². The third-order valence-electron chi connectivity index (χ3n) is 5.30. The summed E-state index contributed by atoms with van der Waals surface area (Å²) in [6, 6.07) is 1.68. The largest absolute Gasteiger partial charge is 0.333 e.